The minimum atomic E-state index is -3.50. The Hall–Kier alpha value is -2.18. The van der Waals surface area contributed by atoms with Crippen molar-refractivity contribution in [1.29, 1.82) is 0 Å². The van der Waals surface area contributed by atoms with E-state index < -0.39 is 10.0 Å². The summed E-state index contributed by atoms with van der Waals surface area (Å²) >= 11 is 0. The lowest BCUT2D eigenvalue weighted by Crippen LogP contribution is -2.29. The molecule has 27 heavy (non-hydrogen) atoms. The van der Waals surface area contributed by atoms with Crippen molar-refractivity contribution in [3.63, 3.8) is 0 Å². The van der Waals surface area contributed by atoms with Crippen LogP contribution in [0.25, 0.3) is 0 Å². The first-order valence-electron chi connectivity index (χ1n) is 9.14. The quantitative estimate of drug-likeness (QED) is 0.613. The zero-order chi connectivity index (χ0) is 20.7. The summed E-state index contributed by atoms with van der Waals surface area (Å²) in [6, 6.07) is 13.4. The van der Waals surface area contributed by atoms with Crippen molar-refractivity contribution in [2.45, 2.75) is 40.7 Å². The van der Waals surface area contributed by atoms with Crippen LogP contribution in [0.1, 0.15) is 38.8 Å². The van der Waals surface area contributed by atoms with Crippen molar-refractivity contribution in [3.8, 4) is 0 Å². The molecule has 2 aromatic carbocycles. The first kappa shape index (κ1) is 24.8. The van der Waals surface area contributed by atoms with Gasteiger partial charge in [0.2, 0.25) is 10.0 Å². The average molecular weight is 395 g/mol. The number of benzene rings is 2. The third-order valence-corrected chi connectivity index (χ3v) is 4.33. The third kappa shape index (κ3) is 9.92. The molecule has 0 atom stereocenters. The zero-order valence-electron chi connectivity index (χ0n) is 16.6. The molecule has 0 amide bonds. The molecule has 6 heteroatoms. The Labute approximate surface area is 163 Å². The van der Waals surface area contributed by atoms with E-state index in [-0.39, 0.29) is 18.2 Å². The van der Waals surface area contributed by atoms with E-state index in [9.17, 15) is 12.8 Å². The molecule has 0 saturated carbocycles. The number of halogens is 1. The van der Waals surface area contributed by atoms with Gasteiger partial charge < -0.3 is 5.32 Å². The summed E-state index contributed by atoms with van der Waals surface area (Å²) in [5, 5.41) is 2.84. The number of sulfonamides is 1. The van der Waals surface area contributed by atoms with E-state index in [1.165, 1.54) is 18.2 Å². The molecule has 0 heterocycles. The number of anilines is 1. The molecule has 0 unspecified atom stereocenters. The van der Waals surface area contributed by atoms with Gasteiger partial charge in [0.05, 0.1) is 0 Å². The Balaban J connectivity index is 0.00000158. The van der Waals surface area contributed by atoms with Crippen molar-refractivity contribution >= 4 is 15.7 Å². The second-order valence-electron chi connectivity index (χ2n) is 5.04. The monoisotopic (exact) mass is 394 g/mol. The topological polar surface area (TPSA) is 58.2 Å². The summed E-state index contributed by atoms with van der Waals surface area (Å²) in [4.78, 5) is 0. The van der Waals surface area contributed by atoms with E-state index >= 15 is 0 Å². The first-order valence-corrected chi connectivity index (χ1v) is 10.8. The molecule has 2 N–H and O–H groups in total. The number of hydrogen-bond donors (Lipinski definition) is 2. The minimum Gasteiger partial charge on any atom is -0.370 e. The molecule has 0 aliphatic rings. The third-order valence-electron chi connectivity index (χ3n) is 3.22. The molecule has 2 aromatic rings. The van der Waals surface area contributed by atoms with Gasteiger partial charge in [0.15, 0.2) is 0 Å². The standard InChI is InChI=1S/C17H19FN2O2S.2C2H6/c1-2-6-15-11-16(18)9-10-17(15)19-13-23(21,22)20-12-14-7-4-3-5-8-14;2*1-2/h2-5,7-11,19-20H,1,6,12-13H2;2*1-2H3. The van der Waals surface area contributed by atoms with Crippen LogP contribution in [0.4, 0.5) is 10.1 Å². The van der Waals surface area contributed by atoms with Gasteiger partial charge in [-0.25, -0.2) is 17.5 Å². The van der Waals surface area contributed by atoms with Crippen molar-refractivity contribution in [2.24, 2.45) is 0 Å². The average Bonchev–Trinajstić information content (AvgIpc) is 2.70. The van der Waals surface area contributed by atoms with Gasteiger partial charge in [-0.15, -0.1) is 6.58 Å². The minimum absolute atomic E-state index is 0.230. The highest BCUT2D eigenvalue weighted by Gasteiger charge is 2.11. The highest BCUT2D eigenvalue weighted by atomic mass is 32.2. The predicted octanol–water partition coefficient (Wildman–Crippen LogP) is 5.10. The maximum atomic E-state index is 13.3. The summed E-state index contributed by atoms with van der Waals surface area (Å²) in [5.41, 5.74) is 2.12. The van der Waals surface area contributed by atoms with Gasteiger partial charge in [0.25, 0.3) is 0 Å². The van der Waals surface area contributed by atoms with Crippen LogP contribution < -0.4 is 10.0 Å². The molecule has 0 aliphatic carbocycles. The van der Waals surface area contributed by atoms with Crippen LogP contribution in [0.5, 0.6) is 0 Å². The van der Waals surface area contributed by atoms with E-state index in [1.54, 1.807) is 6.08 Å². The van der Waals surface area contributed by atoms with Crippen molar-refractivity contribution in [2.75, 3.05) is 11.2 Å². The molecule has 0 bridgehead atoms. The molecule has 150 valence electrons. The van der Waals surface area contributed by atoms with E-state index in [1.807, 2.05) is 58.0 Å². The van der Waals surface area contributed by atoms with Crippen molar-refractivity contribution < 1.29 is 12.8 Å². The molecule has 0 spiro atoms. The maximum absolute atomic E-state index is 13.3. The second-order valence-corrected chi connectivity index (χ2v) is 6.84. The van der Waals surface area contributed by atoms with Gasteiger partial charge >= 0.3 is 0 Å². The Bertz CT molecular complexity index is 763. The van der Waals surface area contributed by atoms with Crippen LogP contribution in [-0.2, 0) is 23.0 Å². The van der Waals surface area contributed by atoms with Gasteiger partial charge in [0.1, 0.15) is 11.7 Å². The highest BCUT2D eigenvalue weighted by Crippen LogP contribution is 2.18. The zero-order valence-corrected chi connectivity index (χ0v) is 17.4. The largest absolute Gasteiger partial charge is 0.370 e. The van der Waals surface area contributed by atoms with Crippen LogP contribution in [0, 0.1) is 5.82 Å². The first-order chi connectivity index (χ1) is 13.0. The lowest BCUT2D eigenvalue weighted by molar-refractivity contribution is 0.583. The molecule has 0 radical (unpaired) electrons. The molecule has 2 rings (SSSR count). The number of rotatable bonds is 8. The fourth-order valence-corrected chi connectivity index (χ4v) is 2.91. The van der Waals surface area contributed by atoms with Crippen molar-refractivity contribution in [3.05, 3.63) is 78.1 Å². The van der Waals surface area contributed by atoms with Crippen LogP contribution in [0.2, 0.25) is 0 Å². The van der Waals surface area contributed by atoms with Crippen LogP contribution in [-0.4, -0.2) is 14.3 Å². The van der Waals surface area contributed by atoms with E-state index in [0.717, 1.165) is 5.56 Å². The second kappa shape index (κ2) is 13.9. The van der Waals surface area contributed by atoms with E-state index in [4.69, 9.17) is 0 Å². The summed E-state index contributed by atoms with van der Waals surface area (Å²) in [6.07, 6.45) is 2.10. The number of allylic oxidation sites excluding steroid dienone is 1. The maximum Gasteiger partial charge on any atom is 0.229 e. The Morgan fingerprint density at radius 2 is 1.67 bits per heavy atom. The van der Waals surface area contributed by atoms with Crippen molar-refractivity contribution in [1.82, 2.24) is 4.72 Å². The smallest absolute Gasteiger partial charge is 0.229 e. The predicted molar refractivity (Wildman–Crippen MR) is 114 cm³/mol. The van der Waals surface area contributed by atoms with E-state index in [0.29, 0.717) is 17.7 Å². The van der Waals surface area contributed by atoms with E-state index in [2.05, 4.69) is 16.6 Å². The summed E-state index contributed by atoms with van der Waals surface area (Å²) in [6.45, 7) is 11.8. The number of nitrogens with one attached hydrogen (secondary N) is 2. The lowest BCUT2D eigenvalue weighted by Gasteiger charge is -2.12. The molecule has 0 aliphatic heterocycles. The number of hydrogen-bond acceptors (Lipinski definition) is 3. The molecule has 0 fully saturated rings. The molecular weight excluding hydrogens is 363 g/mol. The lowest BCUT2D eigenvalue weighted by atomic mass is 10.1. The Kier molecular flexibility index (Phi) is 12.8. The molecule has 0 aromatic heterocycles. The molecular formula is C21H31FN2O2S. The van der Waals surface area contributed by atoms with Crippen LogP contribution in [0.3, 0.4) is 0 Å². The summed E-state index contributed by atoms with van der Waals surface area (Å²) < 4.78 is 39.9. The SMILES string of the molecule is C=CCc1cc(F)ccc1NCS(=O)(=O)NCc1ccccc1.CC.CC. The van der Waals surface area contributed by atoms with Gasteiger partial charge in [-0.05, 0) is 35.7 Å². The van der Waals surface area contributed by atoms with Gasteiger partial charge in [-0.1, -0.05) is 64.1 Å². The van der Waals surface area contributed by atoms with Crippen LogP contribution in [0.15, 0.2) is 61.2 Å². The van der Waals surface area contributed by atoms with Crippen LogP contribution >= 0.6 is 0 Å². The Morgan fingerprint density at radius 1 is 1.04 bits per heavy atom. The highest BCUT2D eigenvalue weighted by molar-refractivity contribution is 7.89. The summed E-state index contributed by atoms with van der Waals surface area (Å²) in [7, 11) is -3.50. The molecule has 0 saturated heterocycles. The fraction of sp³-hybridized carbons (Fsp3) is 0.333. The van der Waals surface area contributed by atoms with Gasteiger partial charge in [-0.2, -0.15) is 0 Å². The summed E-state index contributed by atoms with van der Waals surface area (Å²) in [5.74, 6) is -0.646. The molecule has 4 nitrogen and oxygen atoms in total. The Morgan fingerprint density at radius 3 is 2.26 bits per heavy atom. The fourth-order valence-electron chi connectivity index (χ4n) is 2.07. The van der Waals surface area contributed by atoms with Gasteiger partial charge in [-0.3, -0.25) is 0 Å². The normalized spacial score (nSPS) is 9.96. The van der Waals surface area contributed by atoms with Gasteiger partial charge in [0, 0.05) is 12.2 Å².